The molecule has 0 atom stereocenters. The van der Waals surface area contributed by atoms with Gasteiger partial charge >= 0.3 is 0 Å². The van der Waals surface area contributed by atoms with E-state index in [1.54, 1.807) is 48.5 Å². The van der Waals surface area contributed by atoms with Crippen LogP contribution in [0.2, 0.25) is 0 Å². The van der Waals surface area contributed by atoms with E-state index in [1.165, 1.54) is 6.08 Å². The van der Waals surface area contributed by atoms with Gasteiger partial charge in [-0.1, -0.05) is 12.1 Å². The molecule has 0 aliphatic rings. The van der Waals surface area contributed by atoms with E-state index < -0.39 is 10.0 Å². The van der Waals surface area contributed by atoms with Crippen molar-refractivity contribution in [2.24, 2.45) is 0 Å². The summed E-state index contributed by atoms with van der Waals surface area (Å²) in [7, 11) is -3.32. The molecule has 7 nitrogen and oxygen atoms in total. The van der Waals surface area contributed by atoms with Gasteiger partial charge in [-0.15, -0.1) is 0 Å². The molecule has 0 aromatic heterocycles. The molecule has 0 heterocycles. The number of nitrogens with one attached hydrogen (secondary N) is 2. The summed E-state index contributed by atoms with van der Waals surface area (Å²) in [6, 6.07) is 11.9. The van der Waals surface area contributed by atoms with Crippen molar-refractivity contribution < 1.29 is 22.7 Å². The molecular weight excluding hydrogens is 380 g/mol. The summed E-state index contributed by atoms with van der Waals surface area (Å²) in [6.45, 7) is 4.74. The number of carbonyl (C=O) groups is 1. The molecule has 0 bridgehead atoms. The second kappa shape index (κ2) is 9.80. The highest BCUT2D eigenvalue weighted by Gasteiger charge is 2.08. The van der Waals surface area contributed by atoms with Gasteiger partial charge in [0, 0.05) is 17.8 Å². The Labute approximate surface area is 165 Å². The zero-order chi connectivity index (χ0) is 20.6. The van der Waals surface area contributed by atoms with Crippen molar-refractivity contribution in [3.05, 3.63) is 54.1 Å². The zero-order valence-corrected chi connectivity index (χ0v) is 16.9. The van der Waals surface area contributed by atoms with Crippen LogP contribution in [-0.4, -0.2) is 33.8 Å². The monoisotopic (exact) mass is 404 g/mol. The van der Waals surface area contributed by atoms with Crippen LogP contribution in [0.15, 0.2) is 48.5 Å². The Morgan fingerprint density at radius 3 is 2.32 bits per heavy atom. The average molecular weight is 404 g/mol. The number of anilines is 2. The van der Waals surface area contributed by atoms with E-state index in [2.05, 4.69) is 10.0 Å². The smallest absolute Gasteiger partial charge is 0.248 e. The maximum Gasteiger partial charge on any atom is 0.248 e. The first-order valence-electron chi connectivity index (χ1n) is 8.77. The van der Waals surface area contributed by atoms with E-state index >= 15 is 0 Å². The van der Waals surface area contributed by atoms with Gasteiger partial charge in [-0.25, -0.2) is 8.42 Å². The third-order valence-electron chi connectivity index (χ3n) is 3.46. The van der Waals surface area contributed by atoms with Crippen LogP contribution < -0.4 is 19.5 Å². The first-order valence-corrected chi connectivity index (χ1v) is 10.7. The van der Waals surface area contributed by atoms with E-state index in [4.69, 9.17) is 9.47 Å². The molecule has 8 heteroatoms. The predicted molar refractivity (Wildman–Crippen MR) is 111 cm³/mol. The standard InChI is InChI=1S/C20H24N2O5S/c1-4-26-17-11-12-19(27-5-2)18(14-17)21-20(23)13-8-15-6-9-16(10-7-15)22-28(3,24)25/h6-14,22H,4-5H2,1-3H3,(H,21,23). The summed E-state index contributed by atoms with van der Waals surface area (Å²) in [5.41, 5.74) is 1.73. The van der Waals surface area contributed by atoms with Crippen LogP contribution in [0.1, 0.15) is 19.4 Å². The molecule has 0 saturated carbocycles. The average Bonchev–Trinajstić information content (AvgIpc) is 2.62. The van der Waals surface area contributed by atoms with Crippen LogP contribution in [0, 0.1) is 0 Å². The Bertz CT molecular complexity index is 938. The van der Waals surface area contributed by atoms with Gasteiger partial charge in [-0.2, -0.15) is 0 Å². The summed E-state index contributed by atoms with van der Waals surface area (Å²) in [6.07, 6.45) is 4.11. The minimum Gasteiger partial charge on any atom is -0.494 e. The zero-order valence-electron chi connectivity index (χ0n) is 16.1. The minimum absolute atomic E-state index is 0.326. The molecule has 0 unspecified atom stereocenters. The first kappa shape index (κ1) is 21.3. The highest BCUT2D eigenvalue weighted by Crippen LogP contribution is 2.29. The molecule has 0 aliphatic heterocycles. The van der Waals surface area contributed by atoms with Gasteiger partial charge in [-0.3, -0.25) is 9.52 Å². The second-order valence-corrected chi connectivity index (χ2v) is 7.59. The molecule has 2 N–H and O–H groups in total. The largest absolute Gasteiger partial charge is 0.494 e. The lowest BCUT2D eigenvalue weighted by molar-refractivity contribution is -0.111. The number of amides is 1. The molecule has 0 saturated heterocycles. The van der Waals surface area contributed by atoms with Crippen molar-refractivity contribution in [1.82, 2.24) is 0 Å². The molecule has 0 aliphatic carbocycles. The fourth-order valence-corrected chi connectivity index (χ4v) is 2.93. The highest BCUT2D eigenvalue weighted by atomic mass is 32.2. The topological polar surface area (TPSA) is 93.7 Å². The molecule has 28 heavy (non-hydrogen) atoms. The fraction of sp³-hybridized carbons (Fsp3) is 0.250. The molecule has 0 radical (unpaired) electrons. The summed E-state index contributed by atoms with van der Waals surface area (Å²) >= 11 is 0. The second-order valence-electron chi connectivity index (χ2n) is 5.84. The summed E-state index contributed by atoms with van der Waals surface area (Å²) in [5, 5.41) is 2.78. The maximum atomic E-state index is 12.3. The Hall–Kier alpha value is -3.00. The van der Waals surface area contributed by atoms with Crippen molar-refractivity contribution in [1.29, 1.82) is 0 Å². The van der Waals surface area contributed by atoms with Crippen LogP contribution in [0.5, 0.6) is 11.5 Å². The summed E-state index contributed by atoms with van der Waals surface area (Å²) < 4.78 is 35.8. The number of hydrogen-bond donors (Lipinski definition) is 2. The van der Waals surface area contributed by atoms with Crippen LogP contribution in [0.3, 0.4) is 0 Å². The van der Waals surface area contributed by atoms with Gasteiger partial charge in [0.25, 0.3) is 0 Å². The number of ether oxygens (including phenoxy) is 2. The van der Waals surface area contributed by atoms with Crippen molar-refractivity contribution >= 4 is 33.4 Å². The normalized spacial score (nSPS) is 11.2. The van der Waals surface area contributed by atoms with Crippen LogP contribution >= 0.6 is 0 Å². The Morgan fingerprint density at radius 1 is 1.04 bits per heavy atom. The molecule has 2 rings (SSSR count). The number of hydrogen-bond acceptors (Lipinski definition) is 5. The number of sulfonamides is 1. The van der Waals surface area contributed by atoms with Crippen molar-refractivity contribution in [3.63, 3.8) is 0 Å². The minimum atomic E-state index is -3.32. The number of rotatable bonds is 9. The molecule has 0 spiro atoms. The van der Waals surface area contributed by atoms with Gasteiger partial charge in [0.05, 0.1) is 25.2 Å². The van der Waals surface area contributed by atoms with Crippen molar-refractivity contribution in [2.75, 3.05) is 29.5 Å². The lowest BCUT2D eigenvalue weighted by Crippen LogP contribution is -2.10. The van der Waals surface area contributed by atoms with Gasteiger partial charge in [0.1, 0.15) is 11.5 Å². The van der Waals surface area contributed by atoms with E-state index in [1.807, 2.05) is 13.8 Å². The number of benzene rings is 2. The van der Waals surface area contributed by atoms with Crippen LogP contribution in [0.4, 0.5) is 11.4 Å². The molecule has 2 aromatic rings. The van der Waals surface area contributed by atoms with Crippen molar-refractivity contribution in [3.8, 4) is 11.5 Å². The van der Waals surface area contributed by atoms with Crippen LogP contribution in [0.25, 0.3) is 6.08 Å². The lowest BCUT2D eigenvalue weighted by atomic mass is 10.2. The third kappa shape index (κ3) is 6.96. The van der Waals surface area contributed by atoms with Gasteiger partial charge in [-0.05, 0) is 49.8 Å². The highest BCUT2D eigenvalue weighted by molar-refractivity contribution is 7.92. The summed E-state index contributed by atoms with van der Waals surface area (Å²) in [5.74, 6) is 0.871. The molecule has 1 amide bonds. The van der Waals surface area contributed by atoms with E-state index in [9.17, 15) is 13.2 Å². The molecule has 150 valence electrons. The lowest BCUT2D eigenvalue weighted by Gasteiger charge is -2.12. The van der Waals surface area contributed by atoms with E-state index in [0.717, 1.165) is 11.8 Å². The van der Waals surface area contributed by atoms with Crippen molar-refractivity contribution in [2.45, 2.75) is 13.8 Å². The fourth-order valence-electron chi connectivity index (χ4n) is 2.37. The molecule has 0 fully saturated rings. The predicted octanol–water partition coefficient (Wildman–Crippen LogP) is 3.51. The van der Waals surface area contributed by atoms with Gasteiger partial charge in [0.2, 0.25) is 15.9 Å². The van der Waals surface area contributed by atoms with Gasteiger partial charge in [0.15, 0.2) is 0 Å². The Morgan fingerprint density at radius 2 is 1.71 bits per heavy atom. The Kier molecular flexibility index (Phi) is 7.45. The SMILES string of the molecule is CCOc1ccc(OCC)c(NC(=O)C=Cc2ccc(NS(C)(=O)=O)cc2)c1. The third-order valence-corrected chi connectivity index (χ3v) is 4.07. The number of carbonyl (C=O) groups excluding carboxylic acids is 1. The van der Waals surface area contributed by atoms with E-state index in [-0.39, 0.29) is 5.91 Å². The van der Waals surface area contributed by atoms with Crippen LogP contribution in [-0.2, 0) is 14.8 Å². The van der Waals surface area contributed by atoms with E-state index in [0.29, 0.717) is 36.1 Å². The maximum absolute atomic E-state index is 12.3. The molecular formula is C20H24N2O5S. The molecule has 2 aromatic carbocycles. The Balaban J connectivity index is 2.07. The first-order chi connectivity index (χ1) is 13.3. The van der Waals surface area contributed by atoms with Gasteiger partial charge < -0.3 is 14.8 Å². The quantitative estimate of drug-likeness (QED) is 0.624. The summed E-state index contributed by atoms with van der Waals surface area (Å²) in [4.78, 5) is 12.3.